The van der Waals surface area contributed by atoms with Crippen molar-refractivity contribution < 1.29 is 9.53 Å². The van der Waals surface area contributed by atoms with E-state index < -0.39 is 5.41 Å². The Bertz CT molecular complexity index is 891. The Morgan fingerprint density at radius 3 is 2.68 bits per heavy atom. The number of nitrogens with zero attached hydrogens (tertiary/aromatic N) is 4. The van der Waals surface area contributed by atoms with Crippen LogP contribution in [0.1, 0.15) is 30.8 Å². The van der Waals surface area contributed by atoms with Gasteiger partial charge >= 0.3 is 5.97 Å². The van der Waals surface area contributed by atoms with Gasteiger partial charge in [-0.05, 0) is 31.1 Å². The highest BCUT2D eigenvalue weighted by molar-refractivity contribution is 5.80. The van der Waals surface area contributed by atoms with E-state index in [9.17, 15) is 4.79 Å². The molecule has 148 valence electrons. The van der Waals surface area contributed by atoms with Gasteiger partial charge in [-0.1, -0.05) is 24.3 Å². The van der Waals surface area contributed by atoms with Crippen LogP contribution in [-0.4, -0.2) is 65.2 Å². The lowest BCUT2D eigenvalue weighted by Crippen LogP contribution is -2.49. The van der Waals surface area contributed by atoms with Crippen molar-refractivity contribution in [2.24, 2.45) is 5.41 Å². The molecule has 1 saturated heterocycles. The van der Waals surface area contributed by atoms with Crippen molar-refractivity contribution in [1.29, 1.82) is 0 Å². The van der Waals surface area contributed by atoms with Gasteiger partial charge in [0.05, 0.1) is 18.2 Å². The van der Waals surface area contributed by atoms with Crippen molar-refractivity contribution in [3.8, 4) is 0 Å². The number of benzene rings is 1. The highest BCUT2D eigenvalue weighted by atomic mass is 16.5. The SMILES string of the molecule is COC(=O)C(C)(C)CN1CCN(C2=Cc3ccccc3Cn3ccnc32)CC1. The molecule has 6 nitrogen and oxygen atoms in total. The molecule has 2 aliphatic heterocycles. The number of aromatic nitrogens is 2. The molecule has 0 atom stereocenters. The minimum atomic E-state index is -0.492. The number of hydrogen-bond acceptors (Lipinski definition) is 5. The van der Waals surface area contributed by atoms with Crippen molar-refractivity contribution in [3.05, 3.63) is 53.6 Å². The van der Waals surface area contributed by atoms with Crippen LogP contribution in [0.3, 0.4) is 0 Å². The maximum atomic E-state index is 12.0. The van der Waals surface area contributed by atoms with E-state index in [0.29, 0.717) is 6.54 Å². The Balaban J connectivity index is 1.52. The van der Waals surface area contributed by atoms with E-state index in [1.807, 2.05) is 20.0 Å². The Labute approximate surface area is 166 Å². The van der Waals surface area contributed by atoms with Crippen LogP contribution in [-0.2, 0) is 16.1 Å². The molecule has 0 radical (unpaired) electrons. The van der Waals surface area contributed by atoms with E-state index in [1.165, 1.54) is 23.9 Å². The van der Waals surface area contributed by atoms with E-state index in [1.54, 1.807) is 0 Å². The van der Waals surface area contributed by atoms with Gasteiger partial charge in [-0.2, -0.15) is 0 Å². The summed E-state index contributed by atoms with van der Waals surface area (Å²) in [5.41, 5.74) is 3.27. The summed E-state index contributed by atoms with van der Waals surface area (Å²) in [5, 5.41) is 0. The van der Waals surface area contributed by atoms with Gasteiger partial charge < -0.3 is 14.2 Å². The van der Waals surface area contributed by atoms with Gasteiger partial charge in [0, 0.05) is 51.7 Å². The Kier molecular flexibility index (Phi) is 4.98. The van der Waals surface area contributed by atoms with Crippen LogP contribution in [0.4, 0.5) is 0 Å². The predicted molar refractivity (Wildman–Crippen MR) is 109 cm³/mol. The average molecular weight is 380 g/mol. The van der Waals surface area contributed by atoms with E-state index in [-0.39, 0.29) is 5.97 Å². The predicted octanol–water partition coefficient (Wildman–Crippen LogP) is 2.56. The van der Waals surface area contributed by atoms with Crippen LogP contribution in [0.25, 0.3) is 11.8 Å². The average Bonchev–Trinajstić information content (AvgIpc) is 3.08. The first-order valence-corrected chi connectivity index (χ1v) is 9.85. The lowest BCUT2D eigenvalue weighted by atomic mass is 9.92. The van der Waals surface area contributed by atoms with Gasteiger partial charge in [0.2, 0.25) is 0 Å². The highest BCUT2D eigenvalue weighted by Crippen LogP contribution is 2.29. The molecule has 0 aliphatic carbocycles. The smallest absolute Gasteiger partial charge is 0.312 e. The molecule has 0 saturated carbocycles. The standard InChI is InChI=1S/C22H28N4O2/c1-22(2,21(27)28-3)16-24-10-12-25(13-11-24)19-14-17-6-4-5-7-18(17)15-26-9-8-23-20(19)26/h4-9,14H,10-13,15-16H2,1-3H3. The second kappa shape index (κ2) is 7.43. The van der Waals surface area contributed by atoms with Crippen LogP contribution in [0.5, 0.6) is 0 Å². The summed E-state index contributed by atoms with van der Waals surface area (Å²) in [5.74, 6) is 0.875. The van der Waals surface area contributed by atoms with Crippen LogP contribution in [0.15, 0.2) is 36.7 Å². The third-order valence-electron chi connectivity index (χ3n) is 5.70. The van der Waals surface area contributed by atoms with Gasteiger partial charge in [0.25, 0.3) is 0 Å². The van der Waals surface area contributed by atoms with Gasteiger partial charge in [-0.25, -0.2) is 4.98 Å². The number of imidazole rings is 1. The summed E-state index contributed by atoms with van der Waals surface area (Å²) < 4.78 is 7.18. The summed E-state index contributed by atoms with van der Waals surface area (Å²) in [6.45, 7) is 9.12. The number of carbonyl (C=O) groups is 1. The fraction of sp³-hybridized carbons (Fsp3) is 0.455. The van der Waals surface area contributed by atoms with Gasteiger partial charge in [-0.3, -0.25) is 9.69 Å². The molecule has 0 spiro atoms. The first-order valence-electron chi connectivity index (χ1n) is 9.85. The zero-order valence-corrected chi connectivity index (χ0v) is 16.9. The second-order valence-corrected chi connectivity index (χ2v) is 8.25. The number of hydrogen-bond donors (Lipinski definition) is 0. The monoisotopic (exact) mass is 380 g/mol. The quantitative estimate of drug-likeness (QED) is 0.763. The molecule has 0 unspecified atom stereocenters. The van der Waals surface area contributed by atoms with E-state index in [0.717, 1.165) is 38.5 Å². The molecule has 0 amide bonds. The lowest BCUT2D eigenvalue weighted by molar-refractivity contribution is -0.152. The molecule has 0 bridgehead atoms. The molecule has 3 heterocycles. The van der Waals surface area contributed by atoms with Crippen molar-refractivity contribution >= 4 is 17.7 Å². The minimum absolute atomic E-state index is 0.153. The summed E-state index contributed by atoms with van der Waals surface area (Å²) in [6.07, 6.45) is 6.21. The van der Waals surface area contributed by atoms with Crippen molar-refractivity contribution in [2.75, 3.05) is 39.8 Å². The van der Waals surface area contributed by atoms with E-state index in [2.05, 4.69) is 55.9 Å². The normalized spacial score (nSPS) is 17.4. The van der Waals surface area contributed by atoms with Crippen LogP contribution >= 0.6 is 0 Å². The lowest BCUT2D eigenvalue weighted by Gasteiger charge is -2.39. The second-order valence-electron chi connectivity index (χ2n) is 8.25. The maximum absolute atomic E-state index is 12.0. The van der Waals surface area contributed by atoms with Gasteiger partial charge in [0.15, 0.2) is 5.82 Å². The topological polar surface area (TPSA) is 50.6 Å². The zero-order valence-electron chi connectivity index (χ0n) is 16.9. The van der Waals surface area contributed by atoms with Crippen molar-refractivity contribution in [3.63, 3.8) is 0 Å². The van der Waals surface area contributed by atoms with Crippen molar-refractivity contribution in [1.82, 2.24) is 19.4 Å². The molecule has 4 rings (SSSR count). The molecule has 1 aromatic heterocycles. The first kappa shape index (κ1) is 18.7. The van der Waals surface area contributed by atoms with Gasteiger partial charge in [-0.15, -0.1) is 0 Å². The van der Waals surface area contributed by atoms with E-state index >= 15 is 0 Å². The fourth-order valence-electron chi connectivity index (χ4n) is 4.16. The van der Waals surface area contributed by atoms with E-state index in [4.69, 9.17) is 4.74 Å². The van der Waals surface area contributed by atoms with Gasteiger partial charge in [0.1, 0.15) is 0 Å². The Hall–Kier alpha value is -2.60. The number of carbonyl (C=O) groups excluding carboxylic acids is 1. The molecule has 0 N–H and O–H groups in total. The molecular formula is C22H28N4O2. The zero-order chi connectivity index (χ0) is 19.7. The summed E-state index contributed by atoms with van der Waals surface area (Å²) in [7, 11) is 1.46. The van der Waals surface area contributed by atoms with Crippen LogP contribution < -0.4 is 0 Å². The number of fused-ring (bicyclic) bond motifs is 2. The number of methoxy groups -OCH3 is 1. The number of rotatable bonds is 4. The first-order chi connectivity index (χ1) is 13.5. The summed E-state index contributed by atoms with van der Waals surface area (Å²) in [4.78, 5) is 21.4. The number of piperazine rings is 1. The largest absolute Gasteiger partial charge is 0.469 e. The Morgan fingerprint density at radius 2 is 1.93 bits per heavy atom. The van der Waals surface area contributed by atoms with Crippen LogP contribution in [0, 0.1) is 5.41 Å². The molecule has 1 aromatic carbocycles. The molecule has 1 fully saturated rings. The summed E-state index contributed by atoms with van der Waals surface area (Å²) in [6, 6.07) is 8.55. The highest BCUT2D eigenvalue weighted by Gasteiger charge is 2.33. The molecule has 6 heteroatoms. The van der Waals surface area contributed by atoms with Crippen molar-refractivity contribution in [2.45, 2.75) is 20.4 Å². The molecule has 2 aromatic rings. The molecular weight excluding hydrogens is 352 g/mol. The third kappa shape index (κ3) is 3.56. The molecule has 28 heavy (non-hydrogen) atoms. The number of esters is 1. The fourth-order valence-corrected chi connectivity index (χ4v) is 4.16. The third-order valence-corrected chi connectivity index (χ3v) is 5.70. The minimum Gasteiger partial charge on any atom is -0.469 e. The van der Waals surface area contributed by atoms with Crippen LogP contribution in [0.2, 0.25) is 0 Å². The Morgan fingerprint density at radius 1 is 1.18 bits per heavy atom. The molecule has 2 aliphatic rings. The summed E-state index contributed by atoms with van der Waals surface area (Å²) >= 11 is 0. The number of ether oxygens (including phenoxy) is 1. The maximum Gasteiger partial charge on any atom is 0.312 e.